The molecule has 0 radical (unpaired) electrons. The second-order valence-corrected chi connectivity index (χ2v) is 7.86. The average molecular weight is 399 g/mol. The van der Waals surface area contributed by atoms with Gasteiger partial charge in [-0.3, -0.25) is 0 Å². The van der Waals surface area contributed by atoms with Gasteiger partial charge in [0.25, 0.3) is 0 Å². The molecule has 0 aliphatic carbocycles. The van der Waals surface area contributed by atoms with Crippen LogP contribution < -0.4 is 5.32 Å². The second kappa shape index (κ2) is 7.77. The lowest BCUT2D eigenvalue weighted by Crippen LogP contribution is -2.47. The minimum absolute atomic E-state index is 0.189. The van der Waals surface area contributed by atoms with E-state index in [1.54, 1.807) is 24.3 Å². The summed E-state index contributed by atoms with van der Waals surface area (Å²) >= 11 is 1.53. The van der Waals surface area contributed by atoms with Crippen molar-refractivity contribution in [3.8, 4) is 0 Å². The largest absolute Gasteiger partial charge is 0.508 e. The first-order chi connectivity index (χ1) is 13.5. The third-order valence-corrected chi connectivity index (χ3v) is 5.83. The van der Waals surface area contributed by atoms with Gasteiger partial charge in [-0.15, -0.1) is 11.3 Å². The second-order valence-electron chi connectivity index (χ2n) is 6.98. The fraction of sp³-hybridized carbons (Fsp3) is 0.286. The van der Waals surface area contributed by atoms with E-state index in [0.29, 0.717) is 11.4 Å². The maximum Gasteiger partial charge on any atom is 0.140 e. The van der Waals surface area contributed by atoms with E-state index in [0.717, 1.165) is 48.1 Å². The summed E-state index contributed by atoms with van der Waals surface area (Å²) < 4.78 is 13.8. The van der Waals surface area contributed by atoms with E-state index in [1.807, 2.05) is 12.3 Å². The van der Waals surface area contributed by atoms with Crippen LogP contribution in [0.25, 0.3) is 6.08 Å². The van der Waals surface area contributed by atoms with Gasteiger partial charge in [-0.2, -0.15) is 0 Å². The van der Waals surface area contributed by atoms with Gasteiger partial charge in [-0.05, 0) is 44.3 Å². The van der Waals surface area contributed by atoms with Gasteiger partial charge in [-0.25, -0.2) is 9.38 Å². The summed E-state index contributed by atoms with van der Waals surface area (Å²) in [6, 6.07) is 4.61. The Morgan fingerprint density at radius 3 is 2.82 bits per heavy atom. The number of piperazine rings is 1. The Bertz CT molecular complexity index is 971. The van der Waals surface area contributed by atoms with Crippen LogP contribution in [0.2, 0.25) is 0 Å². The zero-order chi connectivity index (χ0) is 19.7. The predicted octanol–water partition coefficient (Wildman–Crippen LogP) is 4.74. The van der Waals surface area contributed by atoms with Gasteiger partial charge in [0.2, 0.25) is 0 Å². The molecule has 2 aliphatic rings. The van der Waals surface area contributed by atoms with Gasteiger partial charge >= 0.3 is 0 Å². The van der Waals surface area contributed by atoms with Gasteiger partial charge in [0.1, 0.15) is 22.4 Å². The lowest BCUT2D eigenvalue weighted by molar-refractivity contribution is 0.216. The Morgan fingerprint density at radius 2 is 2.07 bits per heavy atom. The van der Waals surface area contributed by atoms with E-state index in [4.69, 9.17) is 4.99 Å². The number of halogens is 1. The van der Waals surface area contributed by atoms with Crippen LogP contribution in [0.4, 0.5) is 20.8 Å². The molecule has 5 nitrogen and oxygen atoms in total. The standard InChI is InChI=1S/C21H23FN4OS/c1-3-4-16(27)11-14-13-28-21-19(14)20(26-9-7-25(2)8-10-26)23-17-6-5-15(22)12-18(17)24-21/h3-6,11-13,24,27H,7-10H2,1-2H3/b4-3-,16-11+. The Labute approximate surface area is 168 Å². The highest BCUT2D eigenvalue weighted by Crippen LogP contribution is 2.40. The van der Waals surface area contributed by atoms with E-state index < -0.39 is 0 Å². The van der Waals surface area contributed by atoms with E-state index in [9.17, 15) is 9.50 Å². The third-order valence-electron chi connectivity index (χ3n) is 4.92. The Balaban J connectivity index is 1.85. The summed E-state index contributed by atoms with van der Waals surface area (Å²) in [6.45, 7) is 5.51. The fourth-order valence-electron chi connectivity index (χ4n) is 3.42. The van der Waals surface area contributed by atoms with Crippen LogP contribution >= 0.6 is 11.3 Å². The molecule has 0 spiro atoms. The monoisotopic (exact) mass is 398 g/mol. The van der Waals surface area contributed by atoms with E-state index in [2.05, 4.69) is 22.2 Å². The Hall–Kier alpha value is -2.64. The van der Waals surface area contributed by atoms with Crippen molar-refractivity contribution in [3.05, 3.63) is 58.4 Å². The lowest BCUT2D eigenvalue weighted by atomic mass is 10.1. The highest BCUT2D eigenvalue weighted by Gasteiger charge is 2.27. The minimum atomic E-state index is -0.298. The number of thiophene rings is 1. The van der Waals surface area contributed by atoms with Gasteiger partial charge in [0, 0.05) is 37.1 Å². The molecule has 1 aromatic carbocycles. The van der Waals surface area contributed by atoms with Crippen molar-refractivity contribution in [1.82, 2.24) is 9.80 Å². The first-order valence-corrected chi connectivity index (χ1v) is 10.2. The van der Waals surface area contributed by atoms with Gasteiger partial charge in [0.15, 0.2) is 0 Å². The van der Waals surface area contributed by atoms with Crippen LogP contribution in [-0.2, 0) is 0 Å². The Kier molecular flexibility index (Phi) is 5.19. The molecule has 146 valence electrons. The number of anilines is 2. The molecule has 2 aromatic rings. The smallest absolute Gasteiger partial charge is 0.140 e. The molecule has 0 bridgehead atoms. The summed E-state index contributed by atoms with van der Waals surface area (Å²) in [5.41, 5.74) is 3.21. The molecule has 2 aliphatic heterocycles. The molecule has 1 aromatic heterocycles. The molecule has 0 saturated carbocycles. The maximum absolute atomic E-state index is 13.8. The molecular weight excluding hydrogens is 375 g/mol. The number of rotatable bonds is 2. The molecule has 4 rings (SSSR count). The van der Waals surface area contributed by atoms with E-state index in [1.165, 1.54) is 23.5 Å². The average Bonchev–Trinajstić information content (AvgIpc) is 2.96. The van der Waals surface area contributed by atoms with Crippen LogP contribution in [0.3, 0.4) is 0 Å². The SMILES string of the molecule is C/C=C\C(O)=C/c1csc2c1C(N1CCN(C)CC1)=Nc1ccc(F)cc1N2. The van der Waals surface area contributed by atoms with Crippen molar-refractivity contribution in [2.24, 2.45) is 4.99 Å². The van der Waals surface area contributed by atoms with Crippen molar-refractivity contribution in [2.45, 2.75) is 6.92 Å². The minimum Gasteiger partial charge on any atom is -0.508 e. The molecule has 3 heterocycles. The van der Waals surface area contributed by atoms with E-state index >= 15 is 0 Å². The van der Waals surface area contributed by atoms with Crippen LogP contribution in [0.1, 0.15) is 18.1 Å². The zero-order valence-electron chi connectivity index (χ0n) is 15.9. The fourth-order valence-corrected chi connectivity index (χ4v) is 4.35. The number of aliphatic imine (C=N–C) groups is 1. The molecule has 1 saturated heterocycles. The number of amidine groups is 1. The first kappa shape index (κ1) is 18.7. The van der Waals surface area contributed by atoms with Gasteiger partial charge < -0.3 is 20.2 Å². The molecule has 7 heteroatoms. The number of benzene rings is 1. The lowest BCUT2D eigenvalue weighted by Gasteiger charge is -2.34. The normalized spacial score (nSPS) is 17.8. The van der Waals surface area contributed by atoms with Crippen molar-refractivity contribution in [2.75, 3.05) is 38.5 Å². The van der Waals surface area contributed by atoms with Crippen LogP contribution in [0, 0.1) is 5.82 Å². The summed E-state index contributed by atoms with van der Waals surface area (Å²) in [7, 11) is 2.12. The predicted molar refractivity (Wildman–Crippen MR) is 115 cm³/mol. The molecule has 0 amide bonds. The maximum atomic E-state index is 13.8. The number of aliphatic hydroxyl groups is 1. The number of hydrogen-bond donors (Lipinski definition) is 2. The van der Waals surface area contributed by atoms with Crippen molar-refractivity contribution < 1.29 is 9.50 Å². The molecule has 0 atom stereocenters. The van der Waals surface area contributed by atoms with Crippen molar-refractivity contribution >= 4 is 39.6 Å². The van der Waals surface area contributed by atoms with Gasteiger partial charge in [-0.1, -0.05) is 6.08 Å². The van der Waals surface area contributed by atoms with Crippen LogP contribution in [0.15, 0.2) is 46.5 Å². The molecule has 28 heavy (non-hydrogen) atoms. The van der Waals surface area contributed by atoms with E-state index in [-0.39, 0.29) is 11.6 Å². The molecule has 1 fully saturated rings. The molecule has 0 unspecified atom stereocenters. The quantitative estimate of drug-likeness (QED) is 0.566. The summed E-state index contributed by atoms with van der Waals surface area (Å²) in [6.07, 6.45) is 5.20. The van der Waals surface area contributed by atoms with Crippen LogP contribution in [0.5, 0.6) is 0 Å². The third kappa shape index (κ3) is 3.68. The number of hydrogen-bond acceptors (Lipinski definition) is 6. The number of likely N-dealkylation sites (N-methyl/N-ethyl adjacent to an activating group) is 1. The van der Waals surface area contributed by atoms with Crippen LogP contribution in [-0.4, -0.2) is 54.0 Å². The summed E-state index contributed by atoms with van der Waals surface area (Å²) in [5, 5.41) is 16.4. The number of allylic oxidation sites excluding steroid dienone is 2. The van der Waals surface area contributed by atoms with Gasteiger partial charge in [0.05, 0.1) is 16.9 Å². The van der Waals surface area contributed by atoms with Crippen molar-refractivity contribution in [1.29, 1.82) is 0 Å². The summed E-state index contributed by atoms with van der Waals surface area (Å²) in [4.78, 5) is 9.50. The molecular formula is C21H23FN4OS. The highest BCUT2D eigenvalue weighted by atomic mass is 32.1. The number of nitrogens with zero attached hydrogens (tertiary/aromatic N) is 3. The first-order valence-electron chi connectivity index (χ1n) is 9.29. The molecule has 2 N–H and O–H groups in total. The Morgan fingerprint density at radius 1 is 1.29 bits per heavy atom. The zero-order valence-corrected chi connectivity index (χ0v) is 16.8. The van der Waals surface area contributed by atoms with Crippen molar-refractivity contribution in [3.63, 3.8) is 0 Å². The topological polar surface area (TPSA) is 51.1 Å². The highest BCUT2D eigenvalue weighted by molar-refractivity contribution is 7.15. The number of fused-ring (bicyclic) bond motifs is 2. The number of nitrogens with one attached hydrogen (secondary N) is 1. The number of aliphatic hydroxyl groups excluding tert-OH is 1. The summed E-state index contributed by atoms with van der Waals surface area (Å²) in [5.74, 6) is 0.754.